The quantitative estimate of drug-likeness (QED) is 0.209. The fourth-order valence-corrected chi connectivity index (χ4v) is 6.45. The average molecular weight is 512 g/mol. The Morgan fingerprint density at radius 2 is 1.36 bits per heavy atom. The minimum atomic E-state index is -0.105. The van der Waals surface area contributed by atoms with Gasteiger partial charge in [-0.2, -0.15) is 4.39 Å². The van der Waals surface area contributed by atoms with Gasteiger partial charge in [-0.15, -0.1) is 22.7 Å². The van der Waals surface area contributed by atoms with Gasteiger partial charge in [0.1, 0.15) is 0 Å². The topological polar surface area (TPSA) is 0 Å². The summed E-state index contributed by atoms with van der Waals surface area (Å²) < 4.78 is 17.4. The smallest absolute Gasteiger partial charge is 0.177 e. The molecule has 0 unspecified atom stereocenters. The van der Waals surface area contributed by atoms with Crippen molar-refractivity contribution in [2.75, 3.05) is 0 Å². The molecule has 1 aliphatic carbocycles. The summed E-state index contributed by atoms with van der Waals surface area (Å²) in [5.74, 6) is 0. The van der Waals surface area contributed by atoms with Crippen molar-refractivity contribution >= 4 is 65.4 Å². The van der Waals surface area contributed by atoms with E-state index in [4.69, 9.17) is 0 Å². The molecule has 0 spiro atoms. The highest BCUT2D eigenvalue weighted by Crippen LogP contribution is 2.55. The minimum absolute atomic E-state index is 0.105. The van der Waals surface area contributed by atoms with Gasteiger partial charge in [-0.25, -0.2) is 0 Å². The van der Waals surface area contributed by atoms with Crippen LogP contribution in [0.3, 0.4) is 0 Å². The molecule has 136 valence electrons. The molecule has 4 heteroatoms. The summed E-state index contributed by atoms with van der Waals surface area (Å²) in [5, 5.41) is 2.30. The Balaban J connectivity index is 1.38. The van der Waals surface area contributed by atoms with Crippen molar-refractivity contribution < 1.29 is 4.39 Å². The highest BCUT2D eigenvalue weighted by molar-refractivity contribution is 14.1. The Morgan fingerprint density at radius 3 is 2.07 bits per heavy atom. The maximum Gasteiger partial charge on any atom is 0.177 e. The fourth-order valence-electron chi connectivity index (χ4n) is 4.22. The molecule has 1 aliphatic rings. The number of aryl methyl sites for hydroxylation is 2. The second-order valence-electron chi connectivity index (χ2n) is 7.19. The average Bonchev–Trinajstić information content (AvgIpc) is 3.24. The zero-order valence-electron chi connectivity index (χ0n) is 14.8. The minimum Gasteiger partial charge on any atom is -0.195 e. The lowest BCUT2D eigenvalue weighted by atomic mass is 9.77. The van der Waals surface area contributed by atoms with Gasteiger partial charge in [0.25, 0.3) is 0 Å². The molecule has 28 heavy (non-hydrogen) atoms. The number of fused-ring (bicyclic) bond motifs is 8. The molecule has 0 N–H and O–H groups in total. The summed E-state index contributed by atoms with van der Waals surface area (Å²) >= 11 is 5.48. The van der Waals surface area contributed by atoms with E-state index in [1.54, 1.807) is 6.07 Å². The molecule has 2 aromatic heterocycles. The summed E-state index contributed by atoms with van der Waals surface area (Å²) in [6.07, 6.45) is 2.13. The van der Waals surface area contributed by atoms with Crippen molar-refractivity contribution in [1.29, 1.82) is 0 Å². The van der Waals surface area contributed by atoms with Gasteiger partial charge in [0.05, 0.1) is 0 Å². The van der Waals surface area contributed by atoms with Gasteiger partial charge in [-0.05, 0) is 99.6 Å². The Morgan fingerprint density at radius 1 is 0.714 bits per heavy atom. The van der Waals surface area contributed by atoms with Crippen LogP contribution in [-0.2, 0) is 12.8 Å². The third-order valence-corrected chi connectivity index (χ3v) is 8.30. The molecule has 0 fully saturated rings. The molecule has 3 aromatic carbocycles. The van der Waals surface area contributed by atoms with E-state index in [1.165, 1.54) is 57.7 Å². The summed E-state index contributed by atoms with van der Waals surface area (Å²) in [6.45, 7) is 0. The zero-order valence-corrected chi connectivity index (χ0v) is 18.6. The van der Waals surface area contributed by atoms with Gasteiger partial charge < -0.3 is 0 Å². The lowest BCUT2D eigenvalue weighted by Crippen LogP contribution is -1.99. The monoisotopic (exact) mass is 512 g/mol. The summed E-state index contributed by atoms with van der Waals surface area (Å²) in [7, 11) is 0. The highest BCUT2D eigenvalue weighted by Gasteiger charge is 2.28. The van der Waals surface area contributed by atoms with Crippen molar-refractivity contribution in [2.45, 2.75) is 12.8 Å². The predicted molar refractivity (Wildman–Crippen MR) is 128 cm³/mol. The van der Waals surface area contributed by atoms with Crippen molar-refractivity contribution in [3.05, 3.63) is 79.8 Å². The molecule has 0 bridgehead atoms. The van der Waals surface area contributed by atoms with E-state index in [0.717, 1.165) is 22.9 Å². The molecule has 0 atom stereocenters. The van der Waals surface area contributed by atoms with Crippen molar-refractivity contribution in [2.24, 2.45) is 0 Å². The fraction of sp³-hybridized carbons (Fsp3) is 0.0833. The van der Waals surface area contributed by atoms with E-state index in [-0.39, 0.29) is 5.13 Å². The summed E-state index contributed by atoms with van der Waals surface area (Å²) in [6, 6.07) is 21.5. The zero-order chi connectivity index (χ0) is 18.8. The molecular weight excluding hydrogens is 498 g/mol. The second kappa shape index (κ2) is 6.37. The summed E-state index contributed by atoms with van der Waals surface area (Å²) in [4.78, 5) is 1.43. The Kier molecular flexibility index (Phi) is 3.90. The highest BCUT2D eigenvalue weighted by atomic mass is 127. The normalized spacial score (nSPS) is 12.2. The standard InChI is InChI=1S/C24H14FIS2/c25-22-12-19-21(28-22)10-8-17-23-16(24(17)19)7-9-20-18(23)11-15(27-20)6-3-13-1-4-14(26)5-2-13/h1-2,4-5,7-12H,3,6H2. The van der Waals surface area contributed by atoms with E-state index in [2.05, 4.69) is 77.2 Å². The predicted octanol–water partition coefficient (Wildman–Crippen LogP) is 8.29. The van der Waals surface area contributed by atoms with E-state index < -0.39 is 0 Å². The third kappa shape index (κ3) is 2.58. The van der Waals surface area contributed by atoms with Crippen LogP contribution in [0.4, 0.5) is 4.39 Å². The number of thiophene rings is 2. The van der Waals surface area contributed by atoms with Crippen LogP contribution in [0.5, 0.6) is 0 Å². The van der Waals surface area contributed by atoms with Crippen LogP contribution < -0.4 is 0 Å². The van der Waals surface area contributed by atoms with Crippen molar-refractivity contribution in [3.8, 4) is 22.3 Å². The van der Waals surface area contributed by atoms with Gasteiger partial charge in [-0.3, -0.25) is 0 Å². The first-order chi connectivity index (χ1) is 13.7. The number of halogens is 2. The van der Waals surface area contributed by atoms with Gasteiger partial charge in [0.15, 0.2) is 5.13 Å². The van der Waals surface area contributed by atoms with Gasteiger partial charge >= 0.3 is 0 Å². The van der Waals surface area contributed by atoms with Crippen LogP contribution >= 0.6 is 45.3 Å². The first-order valence-corrected chi connectivity index (χ1v) is 11.9. The Bertz CT molecular complexity index is 1380. The molecule has 0 saturated carbocycles. The summed E-state index contributed by atoms with van der Waals surface area (Å²) in [5.41, 5.74) is 6.50. The Labute approximate surface area is 183 Å². The Hall–Kier alpha value is -1.76. The largest absolute Gasteiger partial charge is 0.195 e. The molecule has 0 saturated heterocycles. The first-order valence-electron chi connectivity index (χ1n) is 9.20. The molecule has 0 amide bonds. The molecule has 5 aromatic rings. The molecule has 2 heterocycles. The number of rotatable bonds is 3. The molecule has 0 aliphatic heterocycles. The number of benzene rings is 3. The first kappa shape index (κ1) is 17.1. The van der Waals surface area contributed by atoms with E-state index in [0.29, 0.717) is 0 Å². The molecule has 6 rings (SSSR count). The third-order valence-electron chi connectivity index (χ3n) is 5.53. The SMILES string of the molecule is Fc1cc2c3c(ccc2s1)-c1c-3ccc2sc(CCc3ccc(I)cc3)cc12. The molecular formula is C24H14FIS2. The van der Waals surface area contributed by atoms with E-state index in [9.17, 15) is 4.39 Å². The number of hydrogen-bond donors (Lipinski definition) is 0. The van der Waals surface area contributed by atoms with Crippen LogP contribution in [0.1, 0.15) is 10.4 Å². The van der Waals surface area contributed by atoms with Gasteiger partial charge in [0, 0.05) is 28.6 Å². The van der Waals surface area contributed by atoms with Crippen LogP contribution in [0.25, 0.3) is 42.4 Å². The molecule has 0 nitrogen and oxygen atoms in total. The lowest BCUT2D eigenvalue weighted by Gasteiger charge is -2.25. The maximum atomic E-state index is 13.8. The van der Waals surface area contributed by atoms with E-state index >= 15 is 0 Å². The van der Waals surface area contributed by atoms with Crippen molar-refractivity contribution in [1.82, 2.24) is 0 Å². The van der Waals surface area contributed by atoms with Crippen molar-refractivity contribution in [3.63, 3.8) is 0 Å². The van der Waals surface area contributed by atoms with Crippen LogP contribution in [-0.4, -0.2) is 0 Å². The molecule has 0 radical (unpaired) electrons. The maximum absolute atomic E-state index is 13.8. The lowest BCUT2D eigenvalue weighted by molar-refractivity contribution is 0.658. The second-order valence-corrected chi connectivity index (χ2v) is 10.6. The van der Waals surface area contributed by atoms with Crippen LogP contribution in [0.2, 0.25) is 0 Å². The van der Waals surface area contributed by atoms with Gasteiger partial charge in [-0.1, -0.05) is 24.3 Å². The number of hydrogen-bond acceptors (Lipinski definition) is 2. The van der Waals surface area contributed by atoms with Crippen LogP contribution in [0, 0.1) is 8.70 Å². The van der Waals surface area contributed by atoms with Crippen LogP contribution in [0.15, 0.2) is 60.7 Å². The van der Waals surface area contributed by atoms with E-state index in [1.807, 2.05) is 11.3 Å². The van der Waals surface area contributed by atoms with Gasteiger partial charge in [0.2, 0.25) is 0 Å².